The third-order valence-corrected chi connectivity index (χ3v) is 4.69. The number of amides is 1. The first-order chi connectivity index (χ1) is 11.5. The average molecular weight is 334 g/mol. The molecule has 5 nitrogen and oxygen atoms in total. The highest BCUT2D eigenvalue weighted by molar-refractivity contribution is 5.83. The third kappa shape index (κ3) is 5.30. The van der Waals surface area contributed by atoms with E-state index >= 15 is 0 Å². The fourth-order valence-electron chi connectivity index (χ4n) is 3.06. The van der Waals surface area contributed by atoms with Crippen molar-refractivity contribution in [1.29, 1.82) is 0 Å². The number of carbonyl (C=O) groups is 1. The monoisotopic (exact) mass is 334 g/mol. The number of ether oxygens (including phenoxy) is 1. The molecule has 1 aliphatic heterocycles. The van der Waals surface area contributed by atoms with Crippen molar-refractivity contribution in [3.8, 4) is 0 Å². The fourth-order valence-corrected chi connectivity index (χ4v) is 3.06. The first-order valence-electron chi connectivity index (χ1n) is 8.83. The van der Waals surface area contributed by atoms with Gasteiger partial charge < -0.3 is 14.7 Å². The molecule has 0 spiro atoms. The number of hydrogen-bond acceptors (Lipinski definition) is 4. The summed E-state index contributed by atoms with van der Waals surface area (Å²) in [5.41, 5.74) is 2.29. The smallest absolute Gasteiger partial charge is 0.229 e. The second-order valence-corrected chi connectivity index (χ2v) is 6.60. The molecular formula is C19H30N2O3. The molecule has 0 aromatic heterocycles. The lowest BCUT2D eigenvalue weighted by Gasteiger charge is -2.30. The van der Waals surface area contributed by atoms with E-state index < -0.39 is 6.10 Å². The van der Waals surface area contributed by atoms with Crippen LogP contribution in [-0.4, -0.2) is 73.4 Å². The van der Waals surface area contributed by atoms with Crippen LogP contribution in [0.25, 0.3) is 0 Å². The van der Waals surface area contributed by atoms with Crippen LogP contribution in [0.1, 0.15) is 30.9 Å². The Bertz CT molecular complexity index is 512. The normalized spacial score (nSPS) is 18.2. The molecule has 2 atom stereocenters. The number of nitrogens with zero attached hydrogens (tertiary/aromatic N) is 2. The molecule has 1 aromatic carbocycles. The molecule has 2 unspecified atom stereocenters. The number of benzene rings is 1. The van der Waals surface area contributed by atoms with E-state index in [1.54, 1.807) is 11.9 Å². The zero-order valence-electron chi connectivity index (χ0n) is 15.1. The van der Waals surface area contributed by atoms with Crippen molar-refractivity contribution >= 4 is 5.91 Å². The summed E-state index contributed by atoms with van der Waals surface area (Å²) >= 11 is 0. The fraction of sp³-hybridized carbons (Fsp3) is 0.632. The van der Waals surface area contributed by atoms with Gasteiger partial charge in [-0.25, -0.2) is 0 Å². The van der Waals surface area contributed by atoms with Gasteiger partial charge in [-0.05, 0) is 24.5 Å². The maximum atomic E-state index is 12.6. The summed E-state index contributed by atoms with van der Waals surface area (Å²) in [5.74, 6) is -0.156. The Morgan fingerprint density at radius 1 is 1.29 bits per heavy atom. The molecule has 5 heteroatoms. The van der Waals surface area contributed by atoms with Crippen molar-refractivity contribution in [2.75, 3.05) is 46.4 Å². The van der Waals surface area contributed by atoms with E-state index in [4.69, 9.17) is 4.74 Å². The molecule has 1 fully saturated rings. The summed E-state index contributed by atoms with van der Waals surface area (Å²) in [6.45, 7) is 8.10. The number of aliphatic hydroxyl groups excluding tert-OH is 1. The predicted octanol–water partition coefficient (Wildman–Crippen LogP) is 1.50. The highest BCUT2D eigenvalue weighted by Gasteiger charge is 2.22. The minimum absolute atomic E-state index is 0.0419. The quantitative estimate of drug-likeness (QED) is 0.821. The Hall–Kier alpha value is -1.43. The zero-order valence-corrected chi connectivity index (χ0v) is 15.1. The Morgan fingerprint density at radius 3 is 2.50 bits per heavy atom. The van der Waals surface area contributed by atoms with E-state index in [2.05, 4.69) is 24.0 Å². The Morgan fingerprint density at radius 2 is 1.92 bits per heavy atom. The van der Waals surface area contributed by atoms with Gasteiger partial charge in [-0.3, -0.25) is 9.69 Å². The molecule has 24 heavy (non-hydrogen) atoms. The molecule has 1 saturated heterocycles. The second-order valence-electron chi connectivity index (χ2n) is 6.60. The van der Waals surface area contributed by atoms with Gasteiger partial charge in [0.05, 0.1) is 25.2 Å². The van der Waals surface area contributed by atoms with Gasteiger partial charge in [0.1, 0.15) is 0 Å². The molecule has 0 radical (unpaired) electrons. The van der Waals surface area contributed by atoms with E-state index in [9.17, 15) is 9.90 Å². The van der Waals surface area contributed by atoms with Gasteiger partial charge in [0.15, 0.2) is 0 Å². The summed E-state index contributed by atoms with van der Waals surface area (Å²) < 4.78 is 5.31. The van der Waals surface area contributed by atoms with Gasteiger partial charge in [-0.2, -0.15) is 0 Å². The summed E-state index contributed by atoms with van der Waals surface area (Å²) in [5, 5.41) is 10.3. The van der Waals surface area contributed by atoms with Crippen LogP contribution < -0.4 is 0 Å². The molecule has 0 bridgehead atoms. The number of rotatable bonds is 7. The number of aliphatic hydroxyl groups is 1. The topological polar surface area (TPSA) is 53.0 Å². The van der Waals surface area contributed by atoms with E-state index in [-0.39, 0.29) is 11.8 Å². The first kappa shape index (κ1) is 18.9. The van der Waals surface area contributed by atoms with E-state index in [0.29, 0.717) is 26.3 Å². The van der Waals surface area contributed by atoms with Gasteiger partial charge in [-0.1, -0.05) is 31.2 Å². The van der Waals surface area contributed by atoms with Crippen LogP contribution in [0, 0.1) is 0 Å². The number of aryl methyl sites for hydroxylation is 1. The van der Waals surface area contributed by atoms with Crippen LogP contribution in [0.4, 0.5) is 0 Å². The van der Waals surface area contributed by atoms with Crippen LogP contribution in [0.3, 0.4) is 0 Å². The molecule has 2 rings (SSSR count). The van der Waals surface area contributed by atoms with Crippen LogP contribution in [0.5, 0.6) is 0 Å². The maximum absolute atomic E-state index is 12.6. The van der Waals surface area contributed by atoms with E-state index in [1.165, 1.54) is 5.56 Å². The van der Waals surface area contributed by atoms with Gasteiger partial charge in [0.25, 0.3) is 0 Å². The predicted molar refractivity (Wildman–Crippen MR) is 95.1 cm³/mol. The largest absolute Gasteiger partial charge is 0.390 e. The molecule has 1 N–H and O–H groups in total. The van der Waals surface area contributed by atoms with Crippen molar-refractivity contribution < 1.29 is 14.6 Å². The standard InChI is InChI=1S/C19H30N2O3/c1-4-16-5-7-17(8-6-16)15(2)19(23)20(3)13-18(22)14-21-9-11-24-12-10-21/h5-8,15,18,22H,4,9-14H2,1-3H3. The highest BCUT2D eigenvalue weighted by atomic mass is 16.5. The molecule has 1 heterocycles. The third-order valence-electron chi connectivity index (χ3n) is 4.69. The maximum Gasteiger partial charge on any atom is 0.229 e. The number of morpholine rings is 1. The van der Waals surface area contributed by atoms with Gasteiger partial charge in [-0.15, -0.1) is 0 Å². The van der Waals surface area contributed by atoms with Crippen molar-refractivity contribution in [2.24, 2.45) is 0 Å². The highest BCUT2D eigenvalue weighted by Crippen LogP contribution is 2.18. The molecule has 1 amide bonds. The second kappa shape index (κ2) is 9.16. The van der Waals surface area contributed by atoms with Crippen LogP contribution >= 0.6 is 0 Å². The van der Waals surface area contributed by atoms with Crippen LogP contribution in [0.15, 0.2) is 24.3 Å². The molecule has 1 aromatic rings. The van der Waals surface area contributed by atoms with Crippen LogP contribution in [-0.2, 0) is 16.0 Å². The minimum atomic E-state index is -0.535. The average Bonchev–Trinajstić information content (AvgIpc) is 2.61. The Labute approximate surface area is 145 Å². The van der Waals surface area contributed by atoms with Crippen molar-refractivity contribution in [2.45, 2.75) is 32.3 Å². The zero-order chi connectivity index (χ0) is 17.5. The lowest BCUT2D eigenvalue weighted by atomic mass is 9.98. The van der Waals surface area contributed by atoms with Crippen LogP contribution in [0.2, 0.25) is 0 Å². The summed E-state index contributed by atoms with van der Waals surface area (Å²) in [4.78, 5) is 16.4. The number of likely N-dealkylation sites (N-methyl/N-ethyl adjacent to an activating group) is 1. The van der Waals surface area contributed by atoms with E-state index in [1.807, 2.05) is 19.1 Å². The number of β-amino-alcohol motifs (C(OH)–C–C–N with tert-alkyl or cyclic N) is 1. The van der Waals surface area contributed by atoms with Crippen molar-refractivity contribution in [1.82, 2.24) is 9.80 Å². The van der Waals surface area contributed by atoms with Gasteiger partial charge in [0, 0.05) is 33.2 Å². The molecule has 1 aliphatic rings. The Balaban J connectivity index is 1.85. The Kier molecular flexibility index (Phi) is 7.21. The minimum Gasteiger partial charge on any atom is -0.390 e. The summed E-state index contributed by atoms with van der Waals surface area (Å²) in [6, 6.07) is 8.21. The van der Waals surface area contributed by atoms with Crippen molar-refractivity contribution in [3.05, 3.63) is 35.4 Å². The van der Waals surface area contributed by atoms with E-state index in [0.717, 1.165) is 25.1 Å². The summed E-state index contributed by atoms with van der Waals surface area (Å²) in [7, 11) is 1.77. The van der Waals surface area contributed by atoms with Gasteiger partial charge >= 0.3 is 0 Å². The molecule has 134 valence electrons. The SMILES string of the molecule is CCc1ccc(C(C)C(=O)N(C)CC(O)CN2CCOCC2)cc1. The number of hydrogen-bond donors (Lipinski definition) is 1. The lowest BCUT2D eigenvalue weighted by Crippen LogP contribution is -2.45. The number of carbonyl (C=O) groups excluding carboxylic acids is 1. The lowest BCUT2D eigenvalue weighted by molar-refractivity contribution is -0.132. The molecular weight excluding hydrogens is 304 g/mol. The molecule has 0 aliphatic carbocycles. The summed E-state index contributed by atoms with van der Waals surface area (Å²) in [6.07, 6.45) is 0.461. The van der Waals surface area contributed by atoms with Gasteiger partial charge in [0.2, 0.25) is 5.91 Å². The van der Waals surface area contributed by atoms with Crippen molar-refractivity contribution in [3.63, 3.8) is 0 Å². The first-order valence-corrected chi connectivity index (χ1v) is 8.83. The molecule has 0 saturated carbocycles.